The van der Waals surface area contributed by atoms with Crippen molar-refractivity contribution in [3.8, 4) is 11.5 Å². The van der Waals surface area contributed by atoms with E-state index in [1.165, 1.54) is 12.1 Å². The second-order valence-corrected chi connectivity index (χ2v) is 5.79. The number of benzene rings is 2. The van der Waals surface area contributed by atoms with Gasteiger partial charge in [0.05, 0.1) is 20.2 Å². The topological polar surface area (TPSA) is 78.9 Å². The molecule has 0 unspecified atom stereocenters. The molecule has 2 aromatic carbocycles. The molecular formula is C19H18NO5-. The van der Waals surface area contributed by atoms with Crippen LogP contribution in [0.5, 0.6) is 11.5 Å². The van der Waals surface area contributed by atoms with Gasteiger partial charge >= 0.3 is 0 Å². The standard InChI is InChI=1S/C19H19NO5/c1-24-16-9-12-7-8-20(11-13(12)10-17(16)25-2)18(21)14-5-3-4-6-15(14)19(22)23/h3-6,9-10H,7-8,11H2,1-2H3,(H,22,23)/p-1. The van der Waals surface area contributed by atoms with Crippen molar-refractivity contribution >= 4 is 11.9 Å². The maximum atomic E-state index is 12.8. The third-order valence-corrected chi connectivity index (χ3v) is 4.38. The Labute approximate surface area is 145 Å². The summed E-state index contributed by atoms with van der Waals surface area (Å²) in [6.45, 7) is 0.888. The molecule has 2 aromatic rings. The fourth-order valence-corrected chi connectivity index (χ4v) is 3.07. The number of rotatable bonds is 4. The smallest absolute Gasteiger partial charge is 0.254 e. The maximum Gasteiger partial charge on any atom is 0.254 e. The highest BCUT2D eigenvalue weighted by atomic mass is 16.5. The lowest BCUT2D eigenvalue weighted by atomic mass is 9.97. The molecule has 6 heteroatoms. The van der Waals surface area contributed by atoms with Crippen molar-refractivity contribution in [3.63, 3.8) is 0 Å². The zero-order valence-corrected chi connectivity index (χ0v) is 14.1. The summed E-state index contributed by atoms with van der Waals surface area (Å²) < 4.78 is 10.6. The van der Waals surface area contributed by atoms with E-state index in [2.05, 4.69) is 0 Å². The number of carbonyl (C=O) groups is 2. The van der Waals surface area contributed by atoms with Crippen LogP contribution in [0.25, 0.3) is 0 Å². The molecule has 6 nitrogen and oxygen atoms in total. The molecule has 0 saturated carbocycles. The van der Waals surface area contributed by atoms with E-state index < -0.39 is 5.97 Å². The molecule has 0 aliphatic carbocycles. The van der Waals surface area contributed by atoms with Crippen LogP contribution >= 0.6 is 0 Å². The largest absolute Gasteiger partial charge is 0.545 e. The van der Waals surface area contributed by atoms with E-state index in [4.69, 9.17) is 9.47 Å². The molecule has 1 heterocycles. The fourth-order valence-electron chi connectivity index (χ4n) is 3.07. The van der Waals surface area contributed by atoms with Crippen molar-refractivity contribution in [3.05, 3.63) is 58.7 Å². The quantitative estimate of drug-likeness (QED) is 0.837. The van der Waals surface area contributed by atoms with E-state index >= 15 is 0 Å². The molecule has 1 aliphatic heterocycles. The third-order valence-electron chi connectivity index (χ3n) is 4.38. The predicted octanol–water partition coefficient (Wildman–Crippen LogP) is 1.27. The Hall–Kier alpha value is -3.02. The molecule has 1 aliphatic rings. The van der Waals surface area contributed by atoms with Crippen LogP contribution in [0.3, 0.4) is 0 Å². The van der Waals surface area contributed by atoms with Gasteiger partial charge in [-0.25, -0.2) is 0 Å². The van der Waals surface area contributed by atoms with Gasteiger partial charge in [0.15, 0.2) is 11.5 Å². The van der Waals surface area contributed by atoms with Crippen LogP contribution in [0.4, 0.5) is 0 Å². The molecule has 0 aromatic heterocycles. The lowest BCUT2D eigenvalue weighted by molar-refractivity contribution is -0.255. The van der Waals surface area contributed by atoms with Gasteiger partial charge in [-0.3, -0.25) is 4.79 Å². The number of ether oxygens (including phenoxy) is 2. The second kappa shape index (κ2) is 6.84. The van der Waals surface area contributed by atoms with Crippen LogP contribution in [0.15, 0.2) is 36.4 Å². The molecular weight excluding hydrogens is 322 g/mol. The van der Waals surface area contributed by atoms with Gasteiger partial charge in [0, 0.05) is 24.2 Å². The summed E-state index contributed by atoms with van der Waals surface area (Å²) in [6, 6.07) is 9.89. The number of carbonyl (C=O) groups excluding carboxylic acids is 2. The number of hydrogen-bond acceptors (Lipinski definition) is 5. The molecule has 0 atom stereocenters. The average Bonchev–Trinajstić information content (AvgIpc) is 2.65. The highest BCUT2D eigenvalue weighted by Gasteiger charge is 2.25. The first-order chi connectivity index (χ1) is 12.0. The van der Waals surface area contributed by atoms with E-state index in [0.29, 0.717) is 31.0 Å². The van der Waals surface area contributed by atoms with E-state index in [9.17, 15) is 14.7 Å². The zero-order chi connectivity index (χ0) is 18.0. The minimum absolute atomic E-state index is 0.0920. The maximum absolute atomic E-state index is 12.8. The van der Waals surface area contributed by atoms with Gasteiger partial charge in [-0.2, -0.15) is 0 Å². The Morgan fingerprint density at radius 1 is 1.00 bits per heavy atom. The van der Waals surface area contributed by atoms with Crippen molar-refractivity contribution in [2.45, 2.75) is 13.0 Å². The number of carboxylic acids is 1. The van der Waals surface area contributed by atoms with Crippen LogP contribution < -0.4 is 14.6 Å². The highest BCUT2D eigenvalue weighted by molar-refractivity contribution is 6.04. The number of hydrogen-bond donors (Lipinski definition) is 0. The normalized spacial score (nSPS) is 13.1. The average molecular weight is 340 g/mol. The highest BCUT2D eigenvalue weighted by Crippen LogP contribution is 2.33. The summed E-state index contributed by atoms with van der Waals surface area (Å²) >= 11 is 0. The zero-order valence-electron chi connectivity index (χ0n) is 14.1. The third kappa shape index (κ3) is 3.15. The van der Waals surface area contributed by atoms with Crippen molar-refractivity contribution in [1.82, 2.24) is 4.90 Å². The van der Waals surface area contributed by atoms with Crippen LogP contribution in [-0.2, 0) is 13.0 Å². The molecule has 130 valence electrons. The Bertz CT molecular complexity index is 831. The monoisotopic (exact) mass is 340 g/mol. The second-order valence-electron chi connectivity index (χ2n) is 5.79. The lowest BCUT2D eigenvalue weighted by Crippen LogP contribution is -2.37. The Kier molecular flexibility index (Phi) is 4.61. The summed E-state index contributed by atoms with van der Waals surface area (Å²) in [5.74, 6) is -0.415. The first-order valence-electron chi connectivity index (χ1n) is 7.88. The summed E-state index contributed by atoms with van der Waals surface area (Å²) in [4.78, 5) is 25.7. The van der Waals surface area contributed by atoms with Crippen LogP contribution in [0.1, 0.15) is 31.8 Å². The number of carboxylic acid groups (broad SMARTS) is 1. The summed E-state index contributed by atoms with van der Waals surface area (Å²) in [5.41, 5.74) is 2.11. The van der Waals surface area contributed by atoms with Crippen molar-refractivity contribution in [2.75, 3.05) is 20.8 Å². The molecule has 0 N–H and O–H groups in total. The van der Waals surface area contributed by atoms with Crippen molar-refractivity contribution in [1.29, 1.82) is 0 Å². The van der Waals surface area contributed by atoms with Crippen molar-refractivity contribution < 1.29 is 24.2 Å². The van der Waals surface area contributed by atoms with Crippen LogP contribution in [0.2, 0.25) is 0 Å². The molecule has 0 radical (unpaired) electrons. The van der Waals surface area contributed by atoms with Gasteiger partial charge in [0.25, 0.3) is 5.91 Å². The molecule has 0 spiro atoms. The van der Waals surface area contributed by atoms with Gasteiger partial charge in [-0.15, -0.1) is 0 Å². The van der Waals surface area contributed by atoms with E-state index in [-0.39, 0.29) is 17.0 Å². The Morgan fingerprint density at radius 2 is 1.60 bits per heavy atom. The minimum atomic E-state index is -1.35. The predicted molar refractivity (Wildman–Crippen MR) is 88.8 cm³/mol. The van der Waals surface area contributed by atoms with Gasteiger partial charge < -0.3 is 24.3 Å². The molecule has 3 rings (SSSR count). The summed E-state index contributed by atoms with van der Waals surface area (Å²) in [7, 11) is 3.14. The first kappa shape index (κ1) is 16.8. The van der Waals surface area contributed by atoms with Gasteiger partial charge in [0.2, 0.25) is 0 Å². The molecule has 0 bridgehead atoms. The number of methoxy groups -OCH3 is 2. The molecule has 0 fully saturated rings. The lowest BCUT2D eigenvalue weighted by Gasteiger charge is -2.30. The number of amides is 1. The van der Waals surface area contributed by atoms with Gasteiger partial charge in [0.1, 0.15) is 0 Å². The van der Waals surface area contributed by atoms with E-state index in [1.54, 1.807) is 31.3 Å². The minimum Gasteiger partial charge on any atom is -0.545 e. The number of fused-ring (bicyclic) bond motifs is 1. The number of nitrogens with zero attached hydrogens (tertiary/aromatic N) is 1. The Balaban J connectivity index is 1.90. The molecule has 1 amide bonds. The summed E-state index contributed by atoms with van der Waals surface area (Å²) in [6.07, 6.45) is 0.662. The number of aromatic carboxylic acids is 1. The Morgan fingerprint density at radius 3 is 2.20 bits per heavy atom. The SMILES string of the molecule is COc1cc2c(cc1OC)CN(C(=O)c1ccccc1C(=O)[O-])CC2. The van der Waals surface area contributed by atoms with E-state index in [1.807, 2.05) is 12.1 Å². The van der Waals surface area contributed by atoms with Crippen LogP contribution in [0, 0.1) is 0 Å². The van der Waals surface area contributed by atoms with E-state index in [0.717, 1.165) is 11.1 Å². The first-order valence-corrected chi connectivity index (χ1v) is 7.88. The molecule has 0 saturated heterocycles. The fraction of sp³-hybridized carbons (Fsp3) is 0.263. The van der Waals surface area contributed by atoms with Crippen LogP contribution in [-0.4, -0.2) is 37.5 Å². The van der Waals surface area contributed by atoms with Gasteiger partial charge in [-0.05, 0) is 35.7 Å². The summed E-state index contributed by atoms with van der Waals surface area (Å²) in [5, 5.41) is 11.2. The molecule has 25 heavy (non-hydrogen) atoms. The van der Waals surface area contributed by atoms with Crippen molar-refractivity contribution in [2.24, 2.45) is 0 Å². The van der Waals surface area contributed by atoms with Gasteiger partial charge in [-0.1, -0.05) is 18.2 Å².